The second-order valence-electron chi connectivity index (χ2n) is 6.84. The van der Waals surface area contributed by atoms with Crippen LogP contribution in [0.2, 0.25) is 0 Å². The van der Waals surface area contributed by atoms with Crippen LogP contribution in [0, 0.1) is 11.8 Å². The third kappa shape index (κ3) is 2.12. The first-order valence-corrected chi connectivity index (χ1v) is 8.15. The molecule has 4 atom stereocenters. The van der Waals surface area contributed by atoms with Gasteiger partial charge < -0.3 is 15.2 Å². The molecule has 2 aliphatic carbocycles. The van der Waals surface area contributed by atoms with Crippen LogP contribution < -0.4 is 10.6 Å². The summed E-state index contributed by atoms with van der Waals surface area (Å²) >= 11 is 0. The molecule has 4 rings (SSSR count). The zero-order chi connectivity index (χ0) is 13.5. The molecule has 2 heterocycles. The molecular formula is C15H24N4O. The summed E-state index contributed by atoms with van der Waals surface area (Å²) in [6.07, 6.45) is 8.78. The van der Waals surface area contributed by atoms with Gasteiger partial charge in [0.25, 0.3) is 5.95 Å². The van der Waals surface area contributed by atoms with Gasteiger partial charge in [-0.1, -0.05) is 19.3 Å². The minimum absolute atomic E-state index is 0.190. The Morgan fingerprint density at radius 1 is 1.00 bits per heavy atom. The molecular weight excluding hydrogens is 252 g/mol. The Balaban J connectivity index is 1.48. The molecule has 1 saturated heterocycles. The number of anilines is 1. The molecule has 0 unspecified atom stereocenters. The van der Waals surface area contributed by atoms with Gasteiger partial charge >= 0.3 is 0 Å². The molecule has 3 aliphatic rings. The van der Waals surface area contributed by atoms with E-state index in [1.54, 1.807) is 0 Å². The number of rotatable bonds is 2. The first-order valence-electron chi connectivity index (χ1n) is 8.15. The standard InChI is InChI=1S/C15H24N4O/c16-13-7-2-1-6-12(13)14-17-15(18-20-14)19-8-10-4-3-5-11(10)9-19/h10-13H,1-9,16H2/t10-,11+,12-,13+/m0/s1. The van der Waals surface area contributed by atoms with Gasteiger partial charge in [-0.15, -0.1) is 0 Å². The zero-order valence-corrected chi connectivity index (χ0v) is 12.0. The van der Waals surface area contributed by atoms with E-state index in [-0.39, 0.29) is 12.0 Å². The van der Waals surface area contributed by atoms with Crippen molar-refractivity contribution in [1.29, 1.82) is 0 Å². The summed E-state index contributed by atoms with van der Waals surface area (Å²) in [7, 11) is 0. The van der Waals surface area contributed by atoms with Crippen LogP contribution in [0.4, 0.5) is 5.95 Å². The number of nitrogens with two attached hydrogens (primary N) is 1. The van der Waals surface area contributed by atoms with Crippen molar-refractivity contribution in [1.82, 2.24) is 10.1 Å². The first-order chi connectivity index (χ1) is 9.81. The van der Waals surface area contributed by atoms with Gasteiger partial charge in [-0.2, -0.15) is 4.98 Å². The van der Waals surface area contributed by atoms with Crippen LogP contribution in [0.15, 0.2) is 4.52 Å². The van der Waals surface area contributed by atoms with Gasteiger partial charge in [0.2, 0.25) is 5.89 Å². The Morgan fingerprint density at radius 2 is 1.75 bits per heavy atom. The van der Waals surface area contributed by atoms with Gasteiger partial charge in [0.15, 0.2) is 0 Å². The molecule has 2 N–H and O–H groups in total. The van der Waals surface area contributed by atoms with Crippen molar-refractivity contribution in [2.45, 2.75) is 56.9 Å². The molecule has 0 radical (unpaired) electrons. The van der Waals surface area contributed by atoms with Crippen molar-refractivity contribution in [2.75, 3.05) is 18.0 Å². The second-order valence-corrected chi connectivity index (χ2v) is 6.84. The van der Waals surface area contributed by atoms with Gasteiger partial charge in [-0.05, 0) is 42.7 Å². The van der Waals surface area contributed by atoms with Crippen LogP contribution in [0.1, 0.15) is 56.8 Å². The molecule has 0 bridgehead atoms. The topological polar surface area (TPSA) is 68.2 Å². The number of hydrogen-bond donors (Lipinski definition) is 1. The lowest BCUT2D eigenvalue weighted by Gasteiger charge is -2.25. The van der Waals surface area contributed by atoms with Crippen LogP contribution in [-0.2, 0) is 0 Å². The van der Waals surface area contributed by atoms with Gasteiger partial charge in [-0.25, -0.2) is 0 Å². The van der Waals surface area contributed by atoms with Crippen molar-refractivity contribution >= 4 is 5.95 Å². The molecule has 1 aromatic rings. The summed E-state index contributed by atoms with van der Waals surface area (Å²) in [5.74, 6) is 3.55. The van der Waals surface area contributed by atoms with E-state index in [1.807, 2.05) is 0 Å². The van der Waals surface area contributed by atoms with E-state index >= 15 is 0 Å². The average molecular weight is 276 g/mol. The highest BCUT2D eigenvalue weighted by Crippen LogP contribution is 2.39. The minimum Gasteiger partial charge on any atom is -0.338 e. The largest absolute Gasteiger partial charge is 0.338 e. The summed E-state index contributed by atoms with van der Waals surface area (Å²) in [5.41, 5.74) is 6.21. The fraction of sp³-hybridized carbons (Fsp3) is 0.867. The van der Waals surface area contributed by atoms with Crippen molar-refractivity contribution in [2.24, 2.45) is 17.6 Å². The van der Waals surface area contributed by atoms with Crippen molar-refractivity contribution in [3.05, 3.63) is 5.89 Å². The van der Waals surface area contributed by atoms with E-state index in [0.717, 1.165) is 49.6 Å². The normalized spacial score (nSPS) is 37.4. The maximum atomic E-state index is 6.21. The van der Waals surface area contributed by atoms with Crippen LogP contribution in [0.25, 0.3) is 0 Å². The maximum Gasteiger partial charge on any atom is 0.266 e. The summed E-state index contributed by atoms with van der Waals surface area (Å²) in [6.45, 7) is 2.22. The van der Waals surface area contributed by atoms with Crippen LogP contribution in [-0.4, -0.2) is 29.3 Å². The van der Waals surface area contributed by atoms with E-state index in [2.05, 4.69) is 15.0 Å². The zero-order valence-electron chi connectivity index (χ0n) is 12.0. The molecule has 0 amide bonds. The van der Waals surface area contributed by atoms with E-state index in [0.29, 0.717) is 0 Å². The van der Waals surface area contributed by atoms with E-state index in [9.17, 15) is 0 Å². The minimum atomic E-state index is 0.190. The molecule has 3 fully saturated rings. The van der Waals surface area contributed by atoms with Crippen LogP contribution in [0.5, 0.6) is 0 Å². The quantitative estimate of drug-likeness (QED) is 0.897. The number of aromatic nitrogens is 2. The number of nitrogens with zero attached hydrogens (tertiary/aromatic N) is 3. The van der Waals surface area contributed by atoms with Gasteiger partial charge in [-0.3, -0.25) is 0 Å². The molecule has 5 heteroatoms. The lowest BCUT2D eigenvalue weighted by molar-refractivity contribution is 0.290. The van der Waals surface area contributed by atoms with Gasteiger partial charge in [0.1, 0.15) is 0 Å². The summed E-state index contributed by atoms with van der Waals surface area (Å²) in [5, 5.41) is 4.22. The predicted octanol–water partition coefficient (Wildman–Crippen LogP) is 2.29. The fourth-order valence-corrected chi connectivity index (χ4v) is 4.37. The van der Waals surface area contributed by atoms with Crippen LogP contribution in [0.3, 0.4) is 0 Å². The smallest absolute Gasteiger partial charge is 0.266 e. The molecule has 0 spiro atoms. The van der Waals surface area contributed by atoms with Crippen molar-refractivity contribution in [3.63, 3.8) is 0 Å². The molecule has 110 valence electrons. The first kappa shape index (κ1) is 12.6. The lowest BCUT2D eigenvalue weighted by Crippen LogP contribution is -2.31. The van der Waals surface area contributed by atoms with Crippen molar-refractivity contribution in [3.8, 4) is 0 Å². The Hall–Kier alpha value is -1.10. The highest BCUT2D eigenvalue weighted by Gasteiger charge is 2.38. The van der Waals surface area contributed by atoms with Gasteiger partial charge in [0, 0.05) is 19.1 Å². The molecule has 5 nitrogen and oxygen atoms in total. The average Bonchev–Trinajstić information content (AvgIpc) is 3.13. The van der Waals surface area contributed by atoms with E-state index < -0.39 is 0 Å². The monoisotopic (exact) mass is 276 g/mol. The lowest BCUT2D eigenvalue weighted by atomic mass is 9.85. The molecule has 0 aromatic carbocycles. The maximum absolute atomic E-state index is 6.21. The summed E-state index contributed by atoms with van der Waals surface area (Å²) < 4.78 is 5.53. The molecule has 1 aliphatic heterocycles. The van der Waals surface area contributed by atoms with Crippen LogP contribution >= 0.6 is 0 Å². The molecule has 1 aromatic heterocycles. The predicted molar refractivity (Wildman–Crippen MR) is 76.5 cm³/mol. The Kier molecular flexibility index (Phi) is 3.17. The number of fused-ring (bicyclic) bond motifs is 1. The highest BCUT2D eigenvalue weighted by molar-refractivity contribution is 5.31. The Morgan fingerprint density at radius 3 is 2.50 bits per heavy atom. The Labute approximate surface area is 119 Å². The molecule has 2 saturated carbocycles. The third-order valence-corrected chi connectivity index (χ3v) is 5.58. The Bertz CT molecular complexity index is 462. The number of hydrogen-bond acceptors (Lipinski definition) is 5. The van der Waals surface area contributed by atoms with E-state index in [1.165, 1.54) is 32.1 Å². The highest BCUT2D eigenvalue weighted by atomic mass is 16.5. The SMILES string of the molecule is N[C@@H]1CCCC[C@@H]1c1nc(N2C[C@H]3CCC[C@H]3C2)no1. The van der Waals surface area contributed by atoms with E-state index in [4.69, 9.17) is 10.3 Å². The summed E-state index contributed by atoms with van der Waals surface area (Å²) in [6, 6.07) is 0.190. The second kappa shape index (κ2) is 5.02. The molecule has 20 heavy (non-hydrogen) atoms. The fourth-order valence-electron chi connectivity index (χ4n) is 4.37. The third-order valence-electron chi connectivity index (χ3n) is 5.58. The van der Waals surface area contributed by atoms with Crippen molar-refractivity contribution < 1.29 is 4.52 Å². The van der Waals surface area contributed by atoms with Gasteiger partial charge in [0.05, 0.1) is 5.92 Å². The summed E-state index contributed by atoms with van der Waals surface area (Å²) in [4.78, 5) is 6.98.